The van der Waals surface area contributed by atoms with E-state index in [1.165, 1.54) is 7.11 Å². The summed E-state index contributed by atoms with van der Waals surface area (Å²) in [4.78, 5) is 22.1. The zero-order chi connectivity index (χ0) is 11.1. The number of allylic oxidation sites excluding steroid dienone is 1. The van der Waals surface area contributed by atoms with Crippen molar-refractivity contribution in [3.05, 3.63) is 12.2 Å². The highest BCUT2D eigenvalue weighted by atomic mass is 16.5. The van der Waals surface area contributed by atoms with E-state index in [1.807, 2.05) is 6.92 Å². The fourth-order valence-corrected chi connectivity index (χ4v) is 1.06. The summed E-state index contributed by atoms with van der Waals surface area (Å²) in [6.45, 7) is 7.20. The first-order valence-electron chi connectivity index (χ1n) is 4.73. The van der Waals surface area contributed by atoms with Gasteiger partial charge < -0.3 is 4.74 Å². The zero-order valence-corrected chi connectivity index (χ0v) is 9.13. The minimum absolute atomic E-state index is 0.0710. The summed E-state index contributed by atoms with van der Waals surface area (Å²) in [5.74, 6) is 0.0349. The number of esters is 1. The Morgan fingerprint density at radius 1 is 1.43 bits per heavy atom. The van der Waals surface area contributed by atoms with Crippen LogP contribution in [0.3, 0.4) is 0 Å². The third-order valence-corrected chi connectivity index (χ3v) is 2.08. The van der Waals surface area contributed by atoms with E-state index in [0.29, 0.717) is 24.8 Å². The van der Waals surface area contributed by atoms with E-state index in [0.717, 1.165) is 0 Å². The molecule has 0 aromatic carbocycles. The fraction of sp³-hybridized carbons (Fsp3) is 0.636. The van der Waals surface area contributed by atoms with Crippen molar-refractivity contribution in [3.8, 4) is 0 Å². The molecule has 0 aliphatic carbocycles. The van der Waals surface area contributed by atoms with E-state index in [2.05, 4.69) is 11.3 Å². The number of methoxy groups -OCH3 is 1. The molecule has 0 amide bonds. The van der Waals surface area contributed by atoms with Crippen LogP contribution in [0.1, 0.15) is 33.1 Å². The summed E-state index contributed by atoms with van der Waals surface area (Å²) in [6.07, 6.45) is 1.55. The Labute approximate surface area is 85.1 Å². The van der Waals surface area contributed by atoms with Gasteiger partial charge in [0.25, 0.3) is 0 Å². The van der Waals surface area contributed by atoms with Crippen molar-refractivity contribution in [3.63, 3.8) is 0 Å². The average molecular weight is 198 g/mol. The molecule has 0 aromatic rings. The summed E-state index contributed by atoms with van der Waals surface area (Å²) >= 11 is 0. The van der Waals surface area contributed by atoms with Crippen LogP contribution in [-0.4, -0.2) is 18.9 Å². The molecule has 0 spiro atoms. The summed E-state index contributed by atoms with van der Waals surface area (Å²) in [5.41, 5.74) is 0.579. The van der Waals surface area contributed by atoms with Crippen molar-refractivity contribution in [2.45, 2.75) is 33.1 Å². The molecule has 80 valence electrons. The van der Waals surface area contributed by atoms with Gasteiger partial charge in [-0.05, 0) is 24.8 Å². The highest BCUT2D eigenvalue weighted by Gasteiger charge is 2.11. The minimum Gasteiger partial charge on any atom is -0.469 e. The summed E-state index contributed by atoms with van der Waals surface area (Å²) in [6, 6.07) is 0. The molecule has 3 nitrogen and oxygen atoms in total. The Kier molecular flexibility index (Phi) is 5.84. The van der Waals surface area contributed by atoms with Gasteiger partial charge in [-0.1, -0.05) is 13.5 Å². The first-order chi connectivity index (χ1) is 6.47. The molecular weight excluding hydrogens is 180 g/mol. The standard InChI is InChI=1S/C11H18O3/c1-8(2)10(12)6-5-9(3)7-11(13)14-4/h9H,1,5-7H2,2-4H3/t9-/m1/s1. The second kappa shape index (κ2) is 6.35. The maximum absolute atomic E-state index is 11.2. The van der Waals surface area contributed by atoms with Crippen LogP contribution in [0.5, 0.6) is 0 Å². The molecule has 0 saturated heterocycles. The summed E-state index contributed by atoms with van der Waals surface area (Å²) < 4.78 is 4.53. The lowest BCUT2D eigenvalue weighted by Crippen LogP contribution is -2.09. The molecule has 0 N–H and O–H groups in total. The van der Waals surface area contributed by atoms with E-state index in [-0.39, 0.29) is 17.7 Å². The number of ketones is 1. The second-order valence-electron chi connectivity index (χ2n) is 3.63. The smallest absolute Gasteiger partial charge is 0.305 e. The van der Waals surface area contributed by atoms with Gasteiger partial charge in [0, 0.05) is 12.8 Å². The Bertz CT molecular complexity index is 231. The highest BCUT2D eigenvalue weighted by molar-refractivity contribution is 5.94. The number of rotatable bonds is 6. The van der Waals surface area contributed by atoms with E-state index in [9.17, 15) is 9.59 Å². The lowest BCUT2D eigenvalue weighted by Gasteiger charge is -2.08. The summed E-state index contributed by atoms with van der Waals surface area (Å²) in [5, 5.41) is 0. The molecule has 3 heteroatoms. The van der Waals surface area contributed by atoms with Gasteiger partial charge in [-0.3, -0.25) is 9.59 Å². The first kappa shape index (κ1) is 12.9. The molecule has 0 radical (unpaired) electrons. The van der Waals surface area contributed by atoms with Crippen LogP contribution in [0.25, 0.3) is 0 Å². The van der Waals surface area contributed by atoms with Crippen LogP contribution < -0.4 is 0 Å². The molecule has 0 heterocycles. The van der Waals surface area contributed by atoms with Gasteiger partial charge in [0.2, 0.25) is 0 Å². The average Bonchev–Trinajstić information content (AvgIpc) is 2.13. The molecule has 0 rings (SSSR count). The van der Waals surface area contributed by atoms with Crippen molar-refractivity contribution in [2.75, 3.05) is 7.11 Å². The first-order valence-corrected chi connectivity index (χ1v) is 4.73. The molecule has 1 atom stereocenters. The fourth-order valence-electron chi connectivity index (χ4n) is 1.06. The van der Waals surface area contributed by atoms with E-state index < -0.39 is 0 Å². The maximum Gasteiger partial charge on any atom is 0.305 e. The molecule has 0 bridgehead atoms. The highest BCUT2D eigenvalue weighted by Crippen LogP contribution is 2.12. The van der Waals surface area contributed by atoms with Crippen LogP contribution in [0.2, 0.25) is 0 Å². The molecule has 0 aliphatic heterocycles. The minimum atomic E-state index is -0.222. The van der Waals surface area contributed by atoms with Crippen LogP contribution in [0, 0.1) is 5.92 Å². The van der Waals surface area contributed by atoms with Gasteiger partial charge in [-0.15, -0.1) is 0 Å². The van der Waals surface area contributed by atoms with Gasteiger partial charge in [0.15, 0.2) is 5.78 Å². The normalized spacial score (nSPS) is 11.9. The molecule has 14 heavy (non-hydrogen) atoms. The monoisotopic (exact) mass is 198 g/mol. The number of hydrogen-bond donors (Lipinski definition) is 0. The molecule has 0 aliphatic rings. The third-order valence-electron chi connectivity index (χ3n) is 2.08. The van der Waals surface area contributed by atoms with Crippen LogP contribution in [0.15, 0.2) is 12.2 Å². The van der Waals surface area contributed by atoms with Crippen molar-refractivity contribution < 1.29 is 14.3 Å². The Hall–Kier alpha value is -1.12. The molecule has 0 fully saturated rings. The molecule has 0 saturated carbocycles. The third kappa shape index (κ3) is 5.51. The van der Waals surface area contributed by atoms with Gasteiger partial charge in [-0.25, -0.2) is 0 Å². The van der Waals surface area contributed by atoms with Crippen LogP contribution in [0.4, 0.5) is 0 Å². The van der Waals surface area contributed by atoms with Gasteiger partial charge in [0.1, 0.15) is 0 Å². The van der Waals surface area contributed by atoms with Gasteiger partial charge in [-0.2, -0.15) is 0 Å². The Balaban J connectivity index is 3.74. The quantitative estimate of drug-likeness (QED) is 0.485. The summed E-state index contributed by atoms with van der Waals surface area (Å²) in [7, 11) is 1.37. The number of carbonyl (C=O) groups is 2. The number of ether oxygens (including phenoxy) is 1. The molecule has 0 unspecified atom stereocenters. The van der Waals surface area contributed by atoms with Crippen molar-refractivity contribution >= 4 is 11.8 Å². The van der Waals surface area contributed by atoms with Crippen molar-refractivity contribution in [2.24, 2.45) is 5.92 Å². The number of carbonyl (C=O) groups excluding carboxylic acids is 2. The maximum atomic E-state index is 11.2. The van der Waals surface area contributed by atoms with Gasteiger partial charge >= 0.3 is 5.97 Å². The molecular formula is C11H18O3. The zero-order valence-electron chi connectivity index (χ0n) is 9.13. The van der Waals surface area contributed by atoms with E-state index in [1.54, 1.807) is 6.92 Å². The molecule has 0 aromatic heterocycles. The van der Waals surface area contributed by atoms with Crippen molar-refractivity contribution in [1.82, 2.24) is 0 Å². The lowest BCUT2D eigenvalue weighted by atomic mass is 9.98. The van der Waals surface area contributed by atoms with E-state index in [4.69, 9.17) is 0 Å². The largest absolute Gasteiger partial charge is 0.469 e. The Morgan fingerprint density at radius 3 is 2.43 bits per heavy atom. The SMILES string of the molecule is C=C(C)C(=O)CC[C@@H](C)CC(=O)OC. The lowest BCUT2D eigenvalue weighted by molar-refractivity contribution is -0.141. The van der Waals surface area contributed by atoms with Crippen LogP contribution in [-0.2, 0) is 14.3 Å². The Morgan fingerprint density at radius 2 is 2.00 bits per heavy atom. The number of Topliss-reactive ketones (excluding diaryl/α,β-unsaturated/α-hetero) is 1. The van der Waals surface area contributed by atoms with Crippen molar-refractivity contribution in [1.29, 1.82) is 0 Å². The predicted octanol–water partition coefficient (Wildman–Crippen LogP) is 2.11. The number of hydrogen-bond acceptors (Lipinski definition) is 3. The second-order valence-corrected chi connectivity index (χ2v) is 3.63. The van der Waals surface area contributed by atoms with Gasteiger partial charge in [0.05, 0.1) is 7.11 Å². The van der Waals surface area contributed by atoms with Crippen LogP contribution >= 0.6 is 0 Å². The van der Waals surface area contributed by atoms with E-state index >= 15 is 0 Å². The predicted molar refractivity (Wildman–Crippen MR) is 54.9 cm³/mol. The topological polar surface area (TPSA) is 43.4 Å².